The molecule has 58 valence electrons. The monoisotopic (exact) mass is 158 g/mol. The highest BCUT2D eigenvalue weighted by Gasteiger charge is 2.24. The van der Waals surface area contributed by atoms with Crippen molar-refractivity contribution in [3.8, 4) is 0 Å². The van der Waals surface area contributed by atoms with E-state index >= 15 is 0 Å². The lowest BCUT2D eigenvalue weighted by Crippen LogP contribution is -2.54. The van der Waals surface area contributed by atoms with Crippen LogP contribution in [0.25, 0.3) is 0 Å². The van der Waals surface area contributed by atoms with Crippen LogP contribution in [0, 0.1) is 0 Å². The number of rotatable bonds is 0. The van der Waals surface area contributed by atoms with Gasteiger partial charge in [0.15, 0.2) is 0 Å². The van der Waals surface area contributed by atoms with Crippen molar-refractivity contribution >= 4 is 11.8 Å². The molecule has 2 rings (SSSR count). The van der Waals surface area contributed by atoms with Gasteiger partial charge in [-0.1, -0.05) is 0 Å². The Kier molecular flexibility index (Phi) is 2.16. The van der Waals surface area contributed by atoms with Crippen LogP contribution in [-0.4, -0.2) is 48.6 Å². The van der Waals surface area contributed by atoms with Gasteiger partial charge in [0.2, 0.25) is 0 Å². The van der Waals surface area contributed by atoms with Crippen LogP contribution in [0.3, 0.4) is 0 Å². The molecule has 2 nitrogen and oxygen atoms in total. The SMILES string of the molecule is C1CN2CCSC[C@@H]2CN1. The minimum atomic E-state index is 0.840. The van der Waals surface area contributed by atoms with Crippen molar-refractivity contribution in [2.75, 3.05) is 37.7 Å². The molecule has 1 N–H and O–H groups in total. The van der Waals surface area contributed by atoms with Crippen molar-refractivity contribution in [2.45, 2.75) is 6.04 Å². The number of nitrogens with zero attached hydrogens (tertiary/aromatic N) is 1. The van der Waals surface area contributed by atoms with Crippen LogP contribution in [0.5, 0.6) is 0 Å². The smallest absolute Gasteiger partial charge is 0.0312 e. The van der Waals surface area contributed by atoms with Gasteiger partial charge < -0.3 is 5.32 Å². The normalized spacial score (nSPS) is 35.4. The predicted octanol–water partition coefficient (Wildman–Crippen LogP) is 0.00700. The molecule has 10 heavy (non-hydrogen) atoms. The minimum absolute atomic E-state index is 0.840. The van der Waals surface area contributed by atoms with Crippen molar-refractivity contribution in [2.24, 2.45) is 0 Å². The van der Waals surface area contributed by atoms with Gasteiger partial charge >= 0.3 is 0 Å². The van der Waals surface area contributed by atoms with Crippen molar-refractivity contribution < 1.29 is 0 Å². The average molecular weight is 158 g/mol. The standard InChI is InChI=1S/C7H14N2S/c1-2-9-3-4-10-6-7(9)5-8-1/h7-8H,1-6H2/t7-/m0/s1. The Balaban J connectivity index is 1.93. The van der Waals surface area contributed by atoms with Gasteiger partial charge in [-0.15, -0.1) is 0 Å². The second-order valence-corrected chi connectivity index (χ2v) is 4.12. The molecule has 0 radical (unpaired) electrons. The maximum Gasteiger partial charge on any atom is 0.0312 e. The molecular weight excluding hydrogens is 144 g/mol. The van der Waals surface area contributed by atoms with Crippen LogP contribution in [0.1, 0.15) is 0 Å². The van der Waals surface area contributed by atoms with E-state index in [0.29, 0.717) is 0 Å². The molecule has 0 aliphatic carbocycles. The van der Waals surface area contributed by atoms with E-state index in [-0.39, 0.29) is 0 Å². The fourth-order valence-corrected chi connectivity index (χ4v) is 2.79. The molecule has 0 aromatic rings. The van der Waals surface area contributed by atoms with E-state index in [1.165, 1.54) is 37.7 Å². The highest BCUT2D eigenvalue weighted by Crippen LogP contribution is 2.16. The minimum Gasteiger partial charge on any atom is -0.314 e. The number of piperazine rings is 1. The van der Waals surface area contributed by atoms with E-state index in [4.69, 9.17) is 0 Å². The predicted molar refractivity (Wildman–Crippen MR) is 45.6 cm³/mol. The zero-order chi connectivity index (χ0) is 6.81. The molecule has 0 saturated carbocycles. The largest absolute Gasteiger partial charge is 0.314 e. The Hall–Kier alpha value is 0.270. The Morgan fingerprint density at radius 1 is 1.40 bits per heavy atom. The highest BCUT2D eigenvalue weighted by molar-refractivity contribution is 7.99. The molecule has 0 unspecified atom stereocenters. The summed E-state index contributed by atoms with van der Waals surface area (Å²) >= 11 is 2.10. The van der Waals surface area contributed by atoms with Crippen molar-refractivity contribution in [1.82, 2.24) is 10.2 Å². The van der Waals surface area contributed by atoms with Gasteiger partial charge in [-0.3, -0.25) is 4.90 Å². The molecule has 2 aliphatic rings. The van der Waals surface area contributed by atoms with Gasteiger partial charge in [0.05, 0.1) is 0 Å². The van der Waals surface area contributed by atoms with E-state index in [9.17, 15) is 0 Å². The summed E-state index contributed by atoms with van der Waals surface area (Å²) in [5.74, 6) is 2.68. The van der Waals surface area contributed by atoms with Crippen molar-refractivity contribution in [3.05, 3.63) is 0 Å². The maximum atomic E-state index is 3.43. The first-order valence-electron chi connectivity index (χ1n) is 3.99. The second kappa shape index (κ2) is 3.11. The quantitative estimate of drug-likeness (QED) is 0.534. The molecule has 0 spiro atoms. The topological polar surface area (TPSA) is 15.3 Å². The van der Waals surface area contributed by atoms with Crippen LogP contribution in [0.15, 0.2) is 0 Å². The molecule has 3 heteroatoms. The zero-order valence-corrected chi connectivity index (χ0v) is 6.99. The maximum absolute atomic E-state index is 3.43. The summed E-state index contributed by atoms with van der Waals surface area (Å²) in [7, 11) is 0. The Morgan fingerprint density at radius 3 is 3.30 bits per heavy atom. The lowest BCUT2D eigenvalue weighted by molar-refractivity contribution is 0.182. The lowest BCUT2D eigenvalue weighted by Gasteiger charge is -2.39. The van der Waals surface area contributed by atoms with Crippen LogP contribution in [0.2, 0.25) is 0 Å². The molecule has 0 amide bonds. The summed E-state index contributed by atoms with van der Waals surface area (Å²) in [4.78, 5) is 2.62. The number of thioether (sulfide) groups is 1. The van der Waals surface area contributed by atoms with Crippen LogP contribution >= 0.6 is 11.8 Å². The van der Waals surface area contributed by atoms with Crippen molar-refractivity contribution in [1.29, 1.82) is 0 Å². The number of hydrogen-bond acceptors (Lipinski definition) is 3. The van der Waals surface area contributed by atoms with Gasteiger partial charge in [-0.05, 0) is 0 Å². The van der Waals surface area contributed by atoms with Crippen LogP contribution < -0.4 is 5.32 Å². The first-order valence-corrected chi connectivity index (χ1v) is 5.15. The van der Waals surface area contributed by atoms with Crippen LogP contribution in [-0.2, 0) is 0 Å². The van der Waals surface area contributed by atoms with Gasteiger partial charge in [-0.2, -0.15) is 11.8 Å². The van der Waals surface area contributed by atoms with Gasteiger partial charge in [0.1, 0.15) is 0 Å². The van der Waals surface area contributed by atoms with Gasteiger partial charge in [-0.25, -0.2) is 0 Å². The van der Waals surface area contributed by atoms with Gasteiger partial charge in [0, 0.05) is 43.7 Å². The molecule has 2 aliphatic heterocycles. The summed E-state index contributed by atoms with van der Waals surface area (Å²) in [6, 6.07) is 0.840. The second-order valence-electron chi connectivity index (χ2n) is 2.97. The Labute approximate surface area is 66.4 Å². The first kappa shape index (κ1) is 6.95. The first-order chi connectivity index (χ1) is 4.97. The van der Waals surface area contributed by atoms with E-state index in [1.54, 1.807) is 0 Å². The van der Waals surface area contributed by atoms with E-state index in [2.05, 4.69) is 22.0 Å². The Morgan fingerprint density at radius 2 is 2.40 bits per heavy atom. The summed E-state index contributed by atoms with van der Waals surface area (Å²) < 4.78 is 0. The number of hydrogen-bond donors (Lipinski definition) is 1. The number of nitrogens with one attached hydrogen (secondary N) is 1. The molecule has 0 aromatic heterocycles. The van der Waals surface area contributed by atoms with E-state index in [1.807, 2.05) is 0 Å². The fourth-order valence-electron chi connectivity index (χ4n) is 1.66. The molecule has 0 aromatic carbocycles. The Bertz CT molecular complexity index is 92.2. The van der Waals surface area contributed by atoms with E-state index in [0.717, 1.165) is 6.04 Å². The molecule has 0 bridgehead atoms. The molecule has 2 saturated heterocycles. The third-order valence-electron chi connectivity index (χ3n) is 2.31. The van der Waals surface area contributed by atoms with Gasteiger partial charge in [0.25, 0.3) is 0 Å². The summed E-state index contributed by atoms with van der Waals surface area (Å²) in [5, 5.41) is 3.43. The molecule has 1 atom stereocenters. The molecular formula is C7H14N2S. The van der Waals surface area contributed by atoms with Crippen molar-refractivity contribution in [3.63, 3.8) is 0 Å². The lowest BCUT2D eigenvalue weighted by atomic mass is 10.2. The third-order valence-corrected chi connectivity index (χ3v) is 3.40. The molecule has 2 fully saturated rings. The summed E-state index contributed by atoms with van der Waals surface area (Å²) in [6.45, 7) is 5.00. The highest BCUT2D eigenvalue weighted by atomic mass is 32.2. The summed E-state index contributed by atoms with van der Waals surface area (Å²) in [5.41, 5.74) is 0. The van der Waals surface area contributed by atoms with E-state index < -0.39 is 0 Å². The zero-order valence-electron chi connectivity index (χ0n) is 6.18. The molecule has 2 heterocycles. The number of fused-ring (bicyclic) bond motifs is 1. The fraction of sp³-hybridized carbons (Fsp3) is 1.00. The summed E-state index contributed by atoms with van der Waals surface area (Å²) in [6.07, 6.45) is 0. The average Bonchev–Trinajstić information content (AvgIpc) is 2.05. The van der Waals surface area contributed by atoms with Crippen LogP contribution in [0.4, 0.5) is 0 Å². The third kappa shape index (κ3) is 1.31.